The van der Waals surface area contributed by atoms with Gasteiger partial charge in [0.15, 0.2) is 0 Å². The normalized spacial score (nSPS) is 41.5. The van der Waals surface area contributed by atoms with Gasteiger partial charge in [-0.1, -0.05) is 70.3 Å². The number of unbranched alkanes of at least 4 members (excludes halogenated alkanes) is 2. The first-order chi connectivity index (χ1) is 9.98. The maximum absolute atomic E-state index is 2.57. The van der Waals surface area contributed by atoms with Crippen molar-refractivity contribution in [2.75, 3.05) is 0 Å². The third-order valence-corrected chi connectivity index (χ3v) is 7.09. The summed E-state index contributed by atoms with van der Waals surface area (Å²) in [6, 6.07) is 0. The molecule has 0 nitrogen and oxygen atoms in total. The van der Waals surface area contributed by atoms with Gasteiger partial charge in [0.1, 0.15) is 0 Å². The van der Waals surface area contributed by atoms with Crippen molar-refractivity contribution in [2.24, 2.45) is 22.7 Å². The number of fused-ring (bicyclic) bond motifs is 1. The van der Waals surface area contributed by atoms with E-state index in [0.29, 0.717) is 10.8 Å². The summed E-state index contributed by atoms with van der Waals surface area (Å²) >= 11 is 0. The second-order valence-corrected chi connectivity index (χ2v) is 8.49. The Morgan fingerprint density at radius 2 is 1.95 bits per heavy atom. The molecule has 0 aromatic heterocycles. The van der Waals surface area contributed by atoms with Gasteiger partial charge < -0.3 is 0 Å². The van der Waals surface area contributed by atoms with E-state index >= 15 is 0 Å². The van der Waals surface area contributed by atoms with E-state index in [4.69, 9.17) is 0 Å². The average molecular weight is 287 g/mol. The number of hydrogen-bond acceptors (Lipinski definition) is 0. The van der Waals surface area contributed by atoms with Crippen LogP contribution in [0, 0.1) is 22.7 Å². The molecule has 4 aliphatic carbocycles. The number of allylic oxidation sites excluding steroid dienone is 4. The molecule has 0 saturated heterocycles. The predicted octanol–water partition coefficient (Wildman–Crippen LogP) is 6.68. The average Bonchev–Trinajstić information content (AvgIpc) is 3.10. The quantitative estimate of drug-likeness (QED) is 0.377. The molecule has 118 valence electrons. The Balaban J connectivity index is 1.82. The fraction of sp³-hybridized carbons (Fsp3) is 0.810. The first-order valence-corrected chi connectivity index (χ1v) is 9.40. The highest BCUT2D eigenvalue weighted by atomic mass is 14.7. The Labute approximate surface area is 132 Å². The Bertz CT molecular complexity index is 480. The van der Waals surface area contributed by atoms with Crippen LogP contribution in [0.2, 0.25) is 0 Å². The molecular formula is C21H34. The second-order valence-electron chi connectivity index (χ2n) is 8.49. The first-order valence-electron chi connectivity index (χ1n) is 9.40. The highest BCUT2D eigenvalue weighted by Gasteiger charge is 2.64. The van der Waals surface area contributed by atoms with Gasteiger partial charge in [0.2, 0.25) is 0 Å². The predicted molar refractivity (Wildman–Crippen MR) is 92.3 cm³/mol. The van der Waals surface area contributed by atoms with Crippen molar-refractivity contribution in [1.82, 2.24) is 0 Å². The molecule has 2 saturated carbocycles. The molecule has 0 N–H and O–H groups in total. The first kappa shape index (κ1) is 15.4. The topological polar surface area (TPSA) is 0 Å². The van der Waals surface area contributed by atoms with Crippen LogP contribution >= 0.6 is 0 Å². The van der Waals surface area contributed by atoms with Gasteiger partial charge in [-0.2, -0.15) is 0 Å². The van der Waals surface area contributed by atoms with Gasteiger partial charge in [-0.3, -0.25) is 0 Å². The maximum Gasteiger partial charge on any atom is 0.0107 e. The van der Waals surface area contributed by atoms with Crippen LogP contribution in [0.1, 0.15) is 86.0 Å². The highest BCUT2D eigenvalue weighted by Crippen LogP contribution is 2.74. The fourth-order valence-electron chi connectivity index (χ4n) is 5.32. The Morgan fingerprint density at radius 3 is 2.57 bits per heavy atom. The minimum atomic E-state index is 0.547. The highest BCUT2D eigenvalue weighted by molar-refractivity contribution is 5.53. The molecule has 0 aliphatic heterocycles. The summed E-state index contributed by atoms with van der Waals surface area (Å²) in [7, 11) is 0. The molecule has 2 bridgehead atoms. The summed E-state index contributed by atoms with van der Waals surface area (Å²) in [5.41, 5.74) is 6.73. The van der Waals surface area contributed by atoms with Crippen molar-refractivity contribution < 1.29 is 0 Å². The number of hydrogen-bond donors (Lipinski definition) is 0. The van der Waals surface area contributed by atoms with E-state index in [1.807, 2.05) is 11.1 Å². The van der Waals surface area contributed by atoms with Gasteiger partial charge in [-0.05, 0) is 55.3 Å². The molecule has 2 fully saturated rings. The Hall–Kier alpha value is -0.520. The van der Waals surface area contributed by atoms with E-state index in [1.54, 1.807) is 5.57 Å². The smallest absolute Gasteiger partial charge is 0.0107 e. The van der Waals surface area contributed by atoms with Gasteiger partial charge in [-0.15, -0.1) is 0 Å². The van der Waals surface area contributed by atoms with Crippen LogP contribution in [0.4, 0.5) is 0 Å². The molecule has 0 spiro atoms. The SMILES string of the molecule is CC/C=C(\CCCCC)C1C2=C3CC(C)(CCC21C)C3C. The van der Waals surface area contributed by atoms with Crippen molar-refractivity contribution in [1.29, 1.82) is 0 Å². The molecule has 0 amide bonds. The van der Waals surface area contributed by atoms with Crippen LogP contribution < -0.4 is 0 Å². The van der Waals surface area contributed by atoms with Crippen LogP contribution in [0.15, 0.2) is 22.8 Å². The van der Waals surface area contributed by atoms with E-state index in [1.165, 1.54) is 51.4 Å². The molecular weight excluding hydrogens is 252 g/mol. The van der Waals surface area contributed by atoms with Gasteiger partial charge in [0.05, 0.1) is 0 Å². The molecule has 0 radical (unpaired) electrons. The number of rotatable bonds is 6. The second kappa shape index (κ2) is 5.28. The van der Waals surface area contributed by atoms with Crippen LogP contribution in [0.25, 0.3) is 0 Å². The minimum Gasteiger partial charge on any atom is -0.0850 e. The summed E-state index contributed by atoms with van der Waals surface area (Å²) in [5, 5.41) is 0. The van der Waals surface area contributed by atoms with E-state index < -0.39 is 0 Å². The molecule has 4 atom stereocenters. The third kappa shape index (κ3) is 2.25. The van der Waals surface area contributed by atoms with E-state index in [2.05, 4.69) is 40.7 Å². The zero-order valence-corrected chi connectivity index (χ0v) is 14.9. The lowest BCUT2D eigenvalue weighted by Gasteiger charge is -2.48. The van der Waals surface area contributed by atoms with Crippen LogP contribution in [-0.4, -0.2) is 0 Å². The van der Waals surface area contributed by atoms with Crippen LogP contribution in [0.5, 0.6) is 0 Å². The monoisotopic (exact) mass is 286 g/mol. The lowest BCUT2D eigenvalue weighted by molar-refractivity contribution is 0.124. The molecule has 0 heteroatoms. The third-order valence-electron chi connectivity index (χ3n) is 7.09. The minimum absolute atomic E-state index is 0.547. The van der Waals surface area contributed by atoms with Gasteiger partial charge in [0.25, 0.3) is 0 Å². The summed E-state index contributed by atoms with van der Waals surface area (Å²) in [5.74, 6) is 1.69. The van der Waals surface area contributed by atoms with E-state index in [9.17, 15) is 0 Å². The van der Waals surface area contributed by atoms with Crippen molar-refractivity contribution in [2.45, 2.75) is 86.0 Å². The molecule has 21 heavy (non-hydrogen) atoms. The summed E-state index contributed by atoms with van der Waals surface area (Å²) < 4.78 is 0. The van der Waals surface area contributed by atoms with E-state index in [0.717, 1.165) is 11.8 Å². The summed E-state index contributed by atoms with van der Waals surface area (Å²) in [4.78, 5) is 0. The Morgan fingerprint density at radius 1 is 1.19 bits per heavy atom. The molecule has 0 heterocycles. The largest absolute Gasteiger partial charge is 0.0850 e. The van der Waals surface area contributed by atoms with E-state index in [-0.39, 0.29) is 0 Å². The molecule has 4 rings (SSSR count). The van der Waals surface area contributed by atoms with Crippen molar-refractivity contribution in [3.05, 3.63) is 22.8 Å². The van der Waals surface area contributed by atoms with Crippen LogP contribution in [0.3, 0.4) is 0 Å². The molecule has 0 aromatic carbocycles. The van der Waals surface area contributed by atoms with Crippen LogP contribution in [-0.2, 0) is 0 Å². The Kier molecular flexibility index (Phi) is 3.87. The standard InChI is InChI=1S/C21H34/c1-6-8-9-11-16(10-7-2)18-19-17-14-20(4,15(17)3)12-13-21(18,19)5/h10,15,18H,6-9,11-14H2,1-5H3/b16-10+. The zero-order valence-electron chi connectivity index (χ0n) is 14.9. The van der Waals surface area contributed by atoms with Crippen molar-refractivity contribution >= 4 is 0 Å². The molecule has 4 unspecified atom stereocenters. The molecule has 0 aromatic rings. The van der Waals surface area contributed by atoms with Crippen molar-refractivity contribution in [3.63, 3.8) is 0 Å². The molecule has 4 aliphatic rings. The zero-order chi connectivity index (χ0) is 15.3. The lowest BCUT2D eigenvalue weighted by Crippen LogP contribution is -2.37. The van der Waals surface area contributed by atoms with Gasteiger partial charge >= 0.3 is 0 Å². The van der Waals surface area contributed by atoms with Gasteiger partial charge in [-0.25, -0.2) is 0 Å². The maximum atomic E-state index is 2.57. The van der Waals surface area contributed by atoms with Crippen molar-refractivity contribution in [3.8, 4) is 0 Å². The summed E-state index contributed by atoms with van der Waals surface area (Å²) in [6.07, 6.45) is 13.5. The lowest BCUT2D eigenvalue weighted by atomic mass is 9.57. The fourth-order valence-corrected chi connectivity index (χ4v) is 5.32. The summed E-state index contributed by atoms with van der Waals surface area (Å²) in [6.45, 7) is 12.2. The van der Waals surface area contributed by atoms with Gasteiger partial charge in [0, 0.05) is 5.92 Å².